The number of nitrogens with zero attached hydrogens (tertiary/aromatic N) is 6. The van der Waals surface area contributed by atoms with Crippen molar-refractivity contribution >= 4 is 71.0 Å². The number of carboxylic acids is 7. The first-order valence-electron chi connectivity index (χ1n) is 23.5. The van der Waals surface area contributed by atoms with Crippen molar-refractivity contribution in [2.45, 2.75) is 32.6 Å². The molecule has 3 aromatic carbocycles. The highest BCUT2D eigenvalue weighted by Gasteiger charge is 2.20. The van der Waals surface area contributed by atoms with Gasteiger partial charge < -0.3 is 59.8 Å². The number of carboxylic acid groups (broad SMARTS) is 8. The van der Waals surface area contributed by atoms with Gasteiger partial charge in [-0.1, -0.05) is 35.8 Å². The largest absolute Gasteiger partial charge is 0.511 e. The second kappa shape index (κ2) is 30.6. The Hall–Kier alpha value is -10.3. The van der Waals surface area contributed by atoms with Gasteiger partial charge in [-0.25, -0.2) is 19.2 Å². The van der Waals surface area contributed by atoms with Crippen LogP contribution in [0.3, 0.4) is 0 Å². The van der Waals surface area contributed by atoms with Crippen molar-refractivity contribution in [2.24, 2.45) is 4.99 Å². The average Bonchev–Trinajstić information content (AvgIpc) is 3.37. The lowest BCUT2D eigenvalue weighted by molar-refractivity contribution is -0.144. The number of aromatic nitrogens is 2. The molecule has 0 fully saturated rings. The van der Waals surface area contributed by atoms with E-state index in [9.17, 15) is 79.2 Å². The van der Waals surface area contributed by atoms with Gasteiger partial charge in [0.25, 0.3) is 0 Å². The van der Waals surface area contributed by atoms with Crippen LogP contribution in [0.4, 0.5) is 10.5 Å². The molecule has 0 spiro atoms. The molecule has 0 saturated carbocycles. The van der Waals surface area contributed by atoms with Gasteiger partial charge in [0.15, 0.2) is 19.8 Å². The summed E-state index contributed by atoms with van der Waals surface area (Å²) in [5, 5.41) is 77.9. The van der Waals surface area contributed by atoms with Crippen molar-refractivity contribution in [1.29, 1.82) is 0 Å². The topological polar surface area (TPSA) is 383 Å². The molecule has 8 N–H and O–H groups in total. The predicted octanol–water partition coefficient (Wildman–Crippen LogP) is 3.64. The molecule has 0 aliphatic carbocycles. The van der Waals surface area contributed by atoms with Crippen molar-refractivity contribution in [3.8, 4) is 46.7 Å². The van der Waals surface area contributed by atoms with Crippen LogP contribution in [0.1, 0.15) is 50.6 Å². The lowest BCUT2D eigenvalue weighted by Crippen LogP contribution is -2.34. The number of rotatable bonds is 30. The summed E-state index contributed by atoms with van der Waals surface area (Å²) in [6.45, 7) is -5.44. The fourth-order valence-electron chi connectivity index (χ4n) is 7.50. The maximum Gasteiger partial charge on any atom is 0.511 e. The van der Waals surface area contributed by atoms with Gasteiger partial charge in [-0.15, -0.1) is 0 Å². The lowest BCUT2D eigenvalue weighted by Gasteiger charge is -2.24. The molecule has 0 aliphatic rings. The van der Waals surface area contributed by atoms with Gasteiger partial charge in [0, 0.05) is 67.1 Å². The first kappa shape index (κ1) is 61.6. The molecule has 27 heteroatoms. The zero-order valence-electron chi connectivity index (χ0n) is 42.3. The van der Waals surface area contributed by atoms with Gasteiger partial charge in [0.2, 0.25) is 0 Å². The molecule has 420 valence electrons. The van der Waals surface area contributed by atoms with Gasteiger partial charge in [-0.2, -0.15) is 4.99 Å². The molecule has 5 aromatic rings. The number of isothiocyanates is 1. The molecular formula is C54H48N6O20S. The second-order valence-corrected chi connectivity index (χ2v) is 17.4. The SMILES string of the molecule is O=C(O)COc1cc(C#Cc2cc(CN(CC(=O)O)CC(=O)O)nc(CN(CCc3ccc(N=C=S)cc3)Cc3cc(C#Cc4cc(OCC(=O)O)cc(OC(=O)O)c4)cc(CN(CC(=O)O)CC(=O)O)n3)c2)cc(OCC(=O)O)c1. The first-order valence-corrected chi connectivity index (χ1v) is 23.9. The highest BCUT2D eigenvalue weighted by Crippen LogP contribution is 2.25. The van der Waals surface area contributed by atoms with Gasteiger partial charge in [0.1, 0.15) is 23.0 Å². The number of hydrogen-bond acceptors (Lipinski definition) is 19. The summed E-state index contributed by atoms with van der Waals surface area (Å²) in [6, 6.07) is 21.0. The molecule has 2 aromatic heterocycles. The van der Waals surface area contributed by atoms with Crippen molar-refractivity contribution in [1.82, 2.24) is 24.7 Å². The van der Waals surface area contributed by atoms with Gasteiger partial charge in [-0.3, -0.25) is 43.8 Å². The number of pyridine rings is 2. The van der Waals surface area contributed by atoms with E-state index >= 15 is 0 Å². The van der Waals surface area contributed by atoms with E-state index in [1.165, 1.54) is 42.5 Å². The van der Waals surface area contributed by atoms with E-state index in [-0.39, 0.29) is 89.4 Å². The molecular weight excluding hydrogens is 1080 g/mol. The zero-order chi connectivity index (χ0) is 59.0. The number of aliphatic imine (C=N–C) groups is 1. The zero-order valence-corrected chi connectivity index (χ0v) is 43.2. The number of thiocarbonyl (C=S) groups is 1. The molecule has 0 unspecified atom stereocenters. The summed E-state index contributed by atoms with van der Waals surface area (Å²) >= 11 is 4.75. The molecule has 0 atom stereocenters. The Labute approximate surface area is 464 Å². The molecule has 0 amide bonds. The number of hydrogen-bond donors (Lipinski definition) is 8. The van der Waals surface area contributed by atoms with E-state index < -0.39 is 93.9 Å². The number of aliphatic carboxylic acids is 7. The maximum atomic E-state index is 11.9. The summed E-state index contributed by atoms with van der Waals surface area (Å²) in [7, 11) is 0. The maximum absolute atomic E-state index is 11.9. The molecule has 0 saturated heterocycles. The Balaban J connectivity index is 1.67. The lowest BCUT2D eigenvalue weighted by atomic mass is 10.1. The normalized spacial score (nSPS) is 10.6. The highest BCUT2D eigenvalue weighted by molar-refractivity contribution is 7.78. The Morgan fingerprint density at radius 1 is 0.444 bits per heavy atom. The molecule has 81 heavy (non-hydrogen) atoms. The summed E-state index contributed by atoms with van der Waals surface area (Å²) < 4.78 is 20.7. The van der Waals surface area contributed by atoms with E-state index in [2.05, 4.69) is 33.8 Å². The van der Waals surface area contributed by atoms with Crippen LogP contribution < -0.4 is 18.9 Å². The highest BCUT2D eigenvalue weighted by atomic mass is 32.1. The summed E-state index contributed by atoms with van der Waals surface area (Å²) in [5.74, 6) is 2.08. The van der Waals surface area contributed by atoms with E-state index in [4.69, 9.17) is 41.1 Å². The number of carbonyl (C=O) groups is 8. The average molecular weight is 1130 g/mol. The monoisotopic (exact) mass is 1130 g/mol. The number of ether oxygens (including phenoxy) is 4. The van der Waals surface area contributed by atoms with E-state index in [1.54, 1.807) is 24.3 Å². The smallest absolute Gasteiger partial charge is 0.482 e. The first-order chi connectivity index (χ1) is 38.5. The third kappa shape index (κ3) is 23.5. The fraction of sp³-hybridized carbons (Fsp3) is 0.241. The Morgan fingerprint density at radius 3 is 1.11 bits per heavy atom. The number of benzene rings is 3. The standard InChI is InChI=1S/C54H48N6O20S/c61-47(62)25-59(26-48(63)64)23-41-13-34(1-3-36-15-43(77-29-51(69)70)19-44(16-36)78-30-52(71)72)11-39(56-41)21-58(10-9-33-5-7-38(8-6-33)55-32-81)22-40-12-35(14-42(57-40)24-60(27-49(65)66)28-50(67)68)2-4-37-17-45(79-31-53(73)74)20-46(18-37)80-54(75)76/h5-8,11-20H,9-10,21-31H2,(H,61,62)(H,63,64)(H,65,66)(H,67,68)(H,69,70)(H,71,72)(H,73,74)(H,75,76). The third-order valence-electron chi connectivity index (χ3n) is 10.4. The van der Waals surface area contributed by atoms with Gasteiger partial charge in [0.05, 0.1) is 59.8 Å². The van der Waals surface area contributed by atoms with Crippen molar-refractivity contribution in [3.63, 3.8) is 0 Å². The molecule has 5 rings (SSSR count). The van der Waals surface area contributed by atoms with Gasteiger partial charge >= 0.3 is 47.9 Å². The predicted molar refractivity (Wildman–Crippen MR) is 281 cm³/mol. The molecule has 0 aliphatic heterocycles. The van der Waals surface area contributed by atoms with Crippen LogP contribution in [0.15, 0.2) is 89.9 Å². The summed E-state index contributed by atoms with van der Waals surface area (Å²) in [6.07, 6.45) is -1.30. The van der Waals surface area contributed by atoms with Crippen LogP contribution in [0.25, 0.3) is 0 Å². The van der Waals surface area contributed by atoms with Crippen LogP contribution in [-0.4, -0.2) is 171 Å². The minimum atomic E-state index is -1.68. The molecule has 26 nitrogen and oxygen atoms in total. The quantitative estimate of drug-likeness (QED) is 0.0107. The van der Waals surface area contributed by atoms with E-state index in [0.29, 0.717) is 23.5 Å². The Bertz CT molecular complexity index is 3290. The summed E-state index contributed by atoms with van der Waals surface area (Å²) in [5.41, 5.74) is 3.16. The van der Waals surface area contributed by atoms with Crippen molar-refractivity contribution in [3.05, 3.63) is 136 Å². The van der Waals surface area contributed by atoms with Crippen LogP contribution in [-0.2, 0) is 66.2 Å². The Morgan fingerprint density at radius 2 is 0.778 bits per heavy atom. The fourth-order valence-corrected chi connectivity index (χ4v) is 7.60. The summed E-state index contributed by atoms with van der Waals surface area (Å²) in [4.78, 5) is 111. The van der Waals surface area contributed by atoms with E-state index in [0.717, 1.165) is 21.4 Å². The Kier molecular flexibility index (Phi) is 23.3. The molecule has 0 bridgehead atoms. The molecule has 2 heterocycles. The van der Waals surface area contributed by atoms with Crippen LogP contribution in [0.5, 0.6) is 23.0 Å². The minimum Gasteiger partial charge on any atom is -0.482 e. The van der Waals surface area contributed by atoms with Crippen molar-refractivity contribution < 1.29 is 98.2 Å². The van der Waals surface area contributed by atoms with Crippen molar-refractivity contribution in [2.75, 3.05) is 52.5 Å². The van der Waals surface area contributed by atoms with Crippen LogP contribution in [0.2, 0.25) is 0 Å². The molecule has 0 radical (unpaired) electrons. The van der Waals surface area contributed by atoms with Crippen LogP contribution in [0, 0.1) is 23.7 Å². The van der Waals surface area contributed by atoms with Gasteiger partial charge in [-0.05, 0) is 84.9 Å². The second-order valence-electron chi connectivity index (χ2n) is 17.2. The van der Waals surface area contributed by atoms with Crippen LogP contribution >= 0.6 is 12.2 Å². The third-order valence-corrected chi connectivity index (χ3v) is 10.5. The van der Waals surface area contributed by atoms with E-state index in [1.807, 2.05) is 17.0 Å². The minimum absolute atomic E-state index is 0.0186.